The van der Waals surface area contributed by atoms with E-state index >= 15 is 0 Å². The number of aliphatic hydroxyl groups excluding tert-OH is 1. The van der Waals surface area contributed by atoms with Crippen molar-refractivity contribution in [1.29, 1.82) is 0 Å². The highest BCUT2D eigenvalue weighted by atomic mass is 32.1. The molecule has 0 aliphatic heterocycles. The molecule has 4 N–H and O–H groups in total. The van der Waals surface area contributed by atoms with Crippen molar-refractivity contribution in [2.75, 3.05) is 16.0 Å². The van der Waals surface area contributed by atoms with Crippen molar-refractivity contribution in [2.45, 2.75) is 45.1 Å². The number of alkyl halides is 3. The van der Waals surface area contributed by atoms with Gasteiger partial charge in [-0.25, -0.2) is 9.97 Å². The van der Waals surface area contributed by atoms with Gasteiger partial charge in [0.1, 0.15) is 12.1 Å². The summed E-state index contributed by atoms with van der Waals surface area (Å²) in [6.45, 7) is 1.63. The topological polar surface area (TPSA) is 99.2 Å². The number of rotatable bonds is 8. The van der Waals surface area contributed by atoms with E-state index in [9.17, 15) is 23.1 Å². The molecule has 1 amide bonds. The molecule has 2 heterocycles. The van der Waals surface area contributed by atoms with Gasteiger partial charge in [-0.3, -0.25) is 4.79 Å². The van der Waals surface area contributed by atoms with Crippen molar-refractivity contribution in [3.63, 3.8) is 0 Å². The molecular formula is C26H24F3N5O2S. The molecule has 2 aromatic heterocycles. The van der Waals surface area contributed by atoms with E-state index in [0.717, 1.165) is 57.8 Å². The summed E-state index contributed by atoms with van der Waals surface area (Å²) >= 11 is 1.58. The van der Waals surface area contributed by atoms with Crippen LogP contribution in [-0.4, -0.2) is 27.0 Å². The van der Waals surface area contributed by atoms with E-state index in [2.05, 4.69) is 25.9 Å². The van der Waals surface area contributed by atoms with Gasteiger partial charge in [-0.05, 0) is 60.5 Å². The predicted octanol–water partition coefficient (Wildman–Crippen LogP) is 5.95. The van der Waals surface area contributed by atoms with E-state index < -0.39 is 24.3 Å². The van der Waals surface area contributed by atoms with E-state index in [-0.39, 0.29) is 11.3 Å². The molecule has 1 saturated carbocycles. The second kappa shape index (κ2) is 9.98. The molecular weight excluding hydrogens is 503 g/mol. The van der Waals surface area contributed by atoms with Crippen molar-refractivity contribution in [1.82, 2.24) is 9.97 Å². The number of aromatic nitrogens is 2. The smallest absolute Gasteiger partial charge is 0.392 e. The molecule has 192 valence electrons. The first kappa shape index (κ1) is 25.0. The molecule has 0 spiro atoms. The maximum Gasteiger partial charge on any atom is 0.416 e. The highest BCUT2D eigenvalue weighted by molar-refractivity contribution is 7.18. The van der Waals surface area contributed by atoms with E-state index in [1.807, 2.05) is 12.3 Å². The van der Waals surface area contributed by atoms with Gasteiger partial charge in [-0.15, -0.1) is 11.3 Å². The number of carbonyl (C=O) groups is 1. The third-order valence-corrected chi connectivity index (χ3v) is 7.18. The van der Waals surface area contributed by atoms with Crippen molar-refractivity contribution >= 4 is 44.7 Å². The SMILES string of the molecule is Cc1ccc(C(=O)Nc2ccc(CO)c(C(F)(F)F)c2)cc1NCc1csc2c(NC3CC3)ncnc12. The Bertz CT molecular complexity index is 1470. The number of anilines is 3. The quantitative estimate of drug-likeness (QED) is 0.226. The van der Waals surface area contributed by atoms with E-state index in [0.29, 0.717) is 18.2 Å². The zero-order valence-electron chi connectivity index (χ0n) is 19.8. The van der Waals surface area contributed by atoms with Gasteiger partial charge in [0.05, 0.1) is 22.4 Å². The van der Waals surface area contributed by atoms with E-state index in [1.165, 1.54) is 6.07 Å². The molecule has 5 rings (SSSR count). The third-order valence-electron chi connectivity index (χ3n) is 6.16. The van der Waals surface area contributed by atoms with Crippen LogP contribution >= 0.6 is 11.3 Å². The Labute approximate surface area is 214 Å². The minimum absolute atomic E-state index is 0.00959. The summed E-state index contributed by atoms with van der Waals surface area (Å²) in [6.07, 6.45) is -0.806. The maximum absolute atomic E-state index is 13.3. The number of hydrogen-bond donors (Lipinski definition) is 4. The minimum atomic E-state index is -4.65. The average molecular weight is 528 g/mol. The van der Waals surface area contributed by atoms with Gasteiger partial charge in [0.15, 0.2) is 0 Å². The summed E-state index contributed by atoms with van der Waals surface area (Å²) in [5.41, 5.74) is 2.55. The fourth-order valence-electron chi connectivity index (χ4n) is 3.95. The number of fused-ring (bicyclic) bond motifs is 1. The average Bonchev–Trinajstić information content (AvgIpc) is 3.59. The Morgan fingerprint density at radius 1 is 1.14 bits per heavy atom. The molecule has 0 atom stereocenters. The lowest BCUT2D eigenvalue weighted by Gasteiger charge is -2.15. The van der Waals surface area contributed by atoms with E-state index in [4.69, 9.17) is 0 Å². The Morgan fingerprint density at radius 3 is 2.68 bits per heavy atom. The number of carbonyl (C=O) groups excluding carboxylic acids is 1. The predicted molar refractivity (Wildman–Crippen MR) is 138 cm³/mol. The summed E-state index contributed by atoms with van der Waals surface area (Å²) in [7, 11) is 0. The molecule has 11 heteroatoms. The monoisotopic (exact) mass is 527 g/mol. The lowest BCUT2D eigenvalue weighted by Crippen LogP contribution is -2.15. The summed E-state index contributed by atoms with van der Waals surface area (Å²) in [5, 5.41) is 20.5. The first-order chi connectivity index (χ1) is 17.7. The molecule has 4 aromatic rings. The summed E-state index contributed by atoms with van der Waals surface area (Å²) in [6, 6.07) is 8.85. The summed E-state index contributed by atoms with van der Waals surface area (Å²) in [4.78, 5) is 21.7. The summed E-state index contributed by atoms with van der Waals surface area (Å²) in [5.74, 6) is 0.303. The number of nitrogens with zero attached hydrogens (tertiary/aromatic N) is 2. The molecule has 1 aliphatic carbocycles. The number of benzene rings is 2. The number of aliphatic hydroxyl groups is 1. The van der Waals surface area contributed by atoms with Crippen molar-refractivity contribution < 1.29 is 23.1 Å². The molecule has 1 fully saturated rings. The molecule has 0 radical (unpaired) electrons. The van der Waals surface area contributed by atoms with Gasteiger partial charge in [0.2, 0.25) is 0 Å². The summed E-state index contributed by atoms with van der Waals surface area (Å²) < 4.78 is 40.9. The fraction of sp³-hybridized carbons (Fsp3) is 0.269. The van der Waals surface area contributed by atoms with Gasteiger partial charge in [0, 0.05) is 35.1 Å². The van der Waals surface area contributed by atoms with Crippen LogP contribution in [0, 0.1) is 6.92 Å². The highest BCUT2D eigenvalue weighted by Gasteiger charge is 2.33. The Kier molecular flexibility index (Phi) is 6.74. The highest BCUT2D eigenvalue weighted by Crippen LogP contribution is 2.35. The van der Waals surface area contributed by atoms with Gasteiger partial charge in [-0.2, -0.15) is 13.2 Å². The van der Waals surface area contributed by atoms with E-state index in [1.54, 1.807) is 35.9 Å². The van der Waals surface area contributed by atoms with Crippen LogP contribution in [0.5, 0.6) is 0 Å². The minimum Gasteiger partial charge on any atom is -0.392 e. The van der Waals surface area contributed by atoms with Crippen molar-refractivity contribution in [3.05, 3.63) is 75.9 Å². The van der Waals surface area contributed by atoms with Gasteiger partial charge in [0.25, 0.3) is 5.91 Å². The van der Waals surface area contributed by atoms with Crippen LogP contribution in [0.15, 0.2) is 48.1 Å². The molecule has 7 nitrogen and oxygen atoms in total. The van der Waals surface area contributed by atoms with Crippen LogP contribution in [0.4, 0.5) is 30.4 Å². The number of amides is 1. The van der Waals surface area contributed by atoms with Gasteiger partial charge >= 0.3 is 6.18 Å². The number of thiophene rings is 1. The number of nitrogens with one attached hydrogen (secondary N) is 3. The normalized spacial score (nSPS) is 13.5. The van der Waals surface area contributed by atoms with Crippen LogP contribution in [0.2, 0.25) is 0 Å². The standard InChI is InChI=1S/C26H24F3N5O2S/c1-14-2-3-15(25(36)34-19-5-4-16(11-35)20(9-19)26(27,28)29)8-21(14)30-10-17-12-37-23-22(17)31-13-32-24(23)33-18-6-7-18/h2-5,8-9,12-13,18,30,35H,6-7,10-11H2,1H3,(H,34,36)(H,31,32,33). The molecule has 0 unspecified atom stereocenters. The van der Waals surface area contributed by atoms with Crippen molar-refractivity contribution in [3.8, 4) is 0 Å². The molecule has 0 saturated heterocycles. The lowest BCUT2D eigenvalue weighted by molar-refractivity contribution is -0.138. The fourth-order valence-corrected chi connectivity index (χ4v) is 4.93. The molecule has 0 bridgehead atoms. The van der Waals surface area contributed by atoms with Crippen LogP contribution < -0.4 is 16.0 Å². The van der Waals surface area contributed by atoms with Crippen LogP contribution in [0.25, 0.3) is 10.2 Å². The molecule has 2 aromatic carbocycles. The van der Waals surface area contributed by atoms with Crippen LogP contribution in [0.1, 0.15) is 45.5 Å². The van der Waals surface area contributed by atoms with Crippen LogP contribution in [-0.2, 0) is 19.3 Å². The number of hydrogen-bond acceptors (Lipinski definition) is 7. The number of halogens is 3. The van der Waals surface area contributed by atoms with Gasteiger partial charge < -0.3 is 21.1 Å². The Hall–Kier alpha value is -3.70. The number of aryl methyl sites for hydroxylation is 1. The van der Waals surface area contributed by atoms with Crippen molar-refractivity contribution in [2.24, 2.45) is 0 Å². The first-order valence-corrected chi connectivity index (χ1v) is 12.6. The second-order valence-corrected chi connectivity index (χ2v) is 9.82. The maximum atomic E-state index is 13.3. The largest absolute Gasteiger partial charge is 0.416 e. The first-order valence-electron chi connectivity index (χ1n) is 11.7. The van der Waals surface area contributed by atoms with Crippen LogP contribution in [0.3, 0.4) is 0 Å². The zero-order chi connectivity index (χ0) is 26.2. The zero-order valence-corrected chi connectivity index (χ0v) is 20.6. The molecule has 37 heavy (non-hydrogen) atoms. The molecule has 1 aliphatic rings. The lowest BCUT2D eigenvalue weighted by atomic mass is 10.1. The van der Waals surface area contributed by atoms with Gasteiger partial charge in [-0.1, -0.05) is 12.1 Å². The second-order valence-electron chi connectivity index (χ2n) is 8.94. The Morgan fingerprint density at radius 2 is 1.95 bits per heavy atom. The third kappa shape index (κ3) is 5.52. The Balaban J connectivity index is 1.31.